The summed E-state index contributed by atoms with van der Waals surface area (Å²) in [5, 5.41) is 14.2. The topological polar surface area (TPSA) is 98.5 Å². The summed E-state index contributed by atoms with van der Waals surface area (Å²) in [6.07, 6.45) is 4.01. The van der Waals surface area contributed by atoms with Crippen molar-refractivity contribution in [2.24, 2.45) is 5.92 Å². The number of hydrogen-bond donors (Lipinski definition) is 1. The lowest BCUT2D eigenvalue weighted by atomic mass is 9.92. The number of methoxy groups -OCH3 is 1. The number of carbonyl (C=O) groups excluding carboxylic acids is 2. The van der Waals surface area contributed by atoms with Crippen LogP contribution < -0.4 is 10.1 Å². The van der Waals surface area contributed by atoms with E-state index in [9.17, 15) is 19.7 Å². The molecule has 1 saturated carbocycles. The number of carbonyl (C=O) groups is 2. The number of benzene rings is 1. The van der Waals surface area contributed by atoms with E-state index >= 15 is 0 Å². The molecule has 0 radical (unpaired) electrons. The molecule has 4 rings (SSSR count). The number of nitrogens with one attached hydrogen (secondary N) is 1. The average molecular weight is 400 g/mol. The third-order valence-corrected chi connectivity index (χ3v) is 6.56. The maximum atomic E-state index is 13.2. The first kappa shape index (κ1) is 18.6. The molecule has 1 amide bonds. The molecule has 1 fully saturated rings. The van der Waals surface area contributed by atoms with E-state index in [1.807, 2.05) is 0 Å². The Morgan fingerprint density at radius 2 is 1.93 bits per heavy atom. The van der Waals surface area contributed by atoms with Crippen molar-refractivity contribution in [3.8, 4) is 5.75 Å². The number of hydrogen-bond acceptors (Lipinski definition) is 6. The summed E-state index contributed by atoms with van der Waals surface area (Å²) in [6, 6.07) is 6.08. The highest BCUT2D eigenvalue weighted by atomic mass is 32.1. The van der Waals surface area contributed by atoms with E-state index in [4.69, 9.17) is 4.74 Å². The van der Waals surface area contributed by atoms with Crippen molar-refractivity contribution in [1.29, 1.82) is 0 Å². The molecule has 0 bridgehead atoms. The van der Waals surface area contributed by atoms with Crippen LogP contribution in [-0.2, 0) is 17.6 Å². The molecule has 28 heavy (non-hydrogen) atoms. The van der Waals surface area contributed by atoms with Gasteiger partial charge >= 0.3 is 0 Å². The van der Waals surface area contributed by atoms with Gasteiger partial charge in [0.2, 0.25) is 11.9 Å². The minimum atomic E-state index is -0.810. The van der Waals surface area contributed by atoms with Gasteiger partial charge in [0.15, 0.2) is 5.78 Å². The second kappa shape index (κ2) is 7.35. The molecule has 1 aromatic heterocycles. The van der Waals surface area contributed by atoms with E-state index in [-0.39, 0.29) is 18.1 Å². The maximum absolute atomic E-state index is 13.2. The fourth-order valence-corrected chi connectivity index (χ4v) is 4.97. The Morgan fingerprint density at radius 3 is 2.57 bits per heavy atom. The standard InChI is InChI=1S/C20H20N2O5S/c1-27-12-8-6-11(7-9-12)18(23)17-13-4-2-3-5-16(13)28-20(17)21-19(24)14-10-15(14)22(25)26/h6-9,14-15H,2-5,10H2,1H3,(H,21,24). The molecule has 2 aliphatic rings. The SMILES string of the molecule is COc1ccc(C(=O)c2c(NC(=O)C3CC3[N+](=O)[O-])sc3c2CCCC3)cc1. The Morgan fingerprint density at radius 1 is 1.21 bits per heavy atom. The smallest absolute Gasteiger partial charge is 0.235 e. The second-order valence-corrected chi connectivity index (χ2v) is 8.26. The molecule has 0 spiro atoms. The van der Waals surface area contributed by atoms with E-state index in [0.717, 1.165) is 36.1 Å². The van der Waals surface area contributed by atoms with Gasteiger partial charge < -0.3 is 10.1 Å². The number of aryl methyl sites for hydroxylation is 1. The van der Waals surface area contributed by atoms with Crippen molar-refractivity contribution in [3.05, 3.63) is 55.9 Å². The number of amides is 1. The Kier molecular flexibility index (Phi) is 4.89. The highest BCUT2D eigenvalue weighted by molar-refractivity contribution is 7.17. The minimum absolute atomic E-state index is 0.140. The lowest BCUT2D eigenvalue weighted by Gasteiger charge is -2.13. The van der Waals surface area contributed by atoms with Crippen LogP contribution in [0.2, 0.25) is 0 Å². The van der Waals surface area contributed by atoms with Crippen LogP contribution in [0.4, 0.5) is 5.00 Å². The summed E-state index contributed by atoms with van der Waals surface area (Å²) < 4.78 is 5.15. The zero-order valence-corrected chi connectivity index (χ0v) is 16.2. The highest BCUT2D eigenvalue weighted by Gasteiger charge is 2.53. The fourth-order valence-electron chi connectivity index (χ4n) is 3.68. The minimum Gasteiger partial charge on any atom is -0.497 e. The van der Waals surface area contributed by atoms with Crippen molar-refractivity contribution >= 4 is 28.0 Å². The highest BCUT2D eigenvalue weighted by Crippen LogP contribution is 2.41. The number of fused-ring (bicyclic) bond motifs is 1. The van der Waals surface area contributed by atoms with Gasteiger partial charge in [-0.15, -0.1) is 11.3 Å². The molecule has 1 heterocycles. The Labute approximate surface area is 165 Å². The van der Waals surface area contributed by atoms with Gasteiger partial charge in [0.05, 0.1) is 12.7 Å². The summed E-state index contributed by atoms with van der Waals surface area (Å²) >= 11 is 1.43. The summed E-state index contributed by atoms with van der Waals surface area (Å²) in [5.41, 5.74) is 2.07. The molecule has 146 valence electrons. The summed E-state index contributed by atoms with van der Waals surface area (Å²) in [5.74, 6) is -0.460. The van der Waals surface area contributed by atoms with Crippen molar-refractivity contribution in [2.75, 3.05) is 12.4 Å². The van der Waals surface area contributed by atoms with Gasteiger partial charge in [-0.25, -0.2) is 0 Å². The third kappa shape index (κ3) is 3.40. The van der Waals surface area contributed by atoms with Crippen LogP contribution in [-0.4, -0.2) is 29.8 Å². The van der Waals surface area contributed by atoms with Crippen molar-refractivity contribution in [1.82, 2.24) is 0 Å². The molecule has 2 atom stereocenters. The van der Waals surface area contributed by atoms with E-state index in [2.05, 4.69) is 5.32 Å². The quantitative estimate of drug-likeness (QED) is 0.455. The number of nitrogens with zero attached hydrogens (tertiary/aromatic N) is 1. The van der Waals surface area contributed by atoms with Gasteiger partial charge in [-0.1, -0.05) is 0 Å². The Hall–Kier alpha value is -2.74. The van der Waals surface area contributed by atoms with E-state index < -0.39 is 16.9 Å². The van der Waals surface area contributed by atoms with Crippen molar-refractivity contribution < 1.29 is 19.2 Å². The lowest BCUT2D eigenvalue weighted by molar-refractivity contribution is -0.497. The van der Waals surface area contributed by atoms with Crippen LogP contribution in [0.3, 0.4) is 0 Å². The van der Waals surface area contributed by atoms with Crippen molar-refractivity contribution in [3.63, 3.8) is 0 Å². The number of ether oxygens (including phenoxy) is 1. The number of thiophene rings is 1. The average Bonchev–Trinajstić information content (AvgIpc) is 3.44. The number of rotatable bonds is 6. The van der Waals surface area contributed by atoms with Crippen LogP contribution in [0.25, 0.3) is 0 Å². The number of anilines is 1. The molecule has 7 nitrogen and oxygen atoms in total. The van der Waals surface area contributed by atoms with Crippen LogP contribution >= 0.6 is 11.3 Å². The molecule has 0 saturated heterocycles. The second-order valence-electron chi connectivity index (χ2n) is 7.16. The van der Waals surface area contributed by atoms with Crippen molar-refractivity contribution in [2.45, 2.75) is 38.1 Å². The first-order chi connectivity index (χ1) is 13.5. The van der Waals surface area contributed by atoms with Gasteiger partial charge in [0.1, 0.15) is 16.7 Å². The van der Waals surface area contributed by atoms with Crippen LogP contribution in [0.1, 0.15) is 45.6 Å². The maximum Gasteiger partial charge on any atom is 0.235 e. The molecule has 0 aliphatic heterocycles. The molecule has 8 heteroatoms. The lowest BCUT2D eigenvalue weighted by Crippen LogP contribution is -2.19. The Balaban J connectivity index is 1.65. The summed E-state index contributed by atoms with van der Waals surface area (Å²) in [4.78, 5) is 37.3. The molecule has 1 N–H and O–H groups in total. The Bertz CT molecular complexity index is 950. The normalized spacial score (nSPS) is 20.2. The summed E-state index contributed by atoms with van der Waals surface area (Å²) in [6.45, 7) is 0. The van der Waals surface area contributed by atoms with Crippen LogP contribution in [0, 0.1) is 16.0 Å². The van der Waals surface area contributed by atoms with E-state index in [1.54, 1.807) is 31.4 Å². The summed E-state index contributed by atoms with van der Waals surface area (Å²) in [7, 11) is 1.57. The molecular weight excluding hydrogens is 380 g/mol. The number of ketones is 1. The molecule has 2 aromatic rings. The molecule has 2 unspecified atom stereocenters. The fraction of sp³-hybridized carbons (Fsp3) is 0.400. The zero-order valence-electron chi connectivity index (χ0n) is 15.4. The van der Waals surface area contributed by atoms with Gasteiger partial charge in [0, 0.05) is 21.8 Å². The van der Waals surface area contributed by atoms with Gasteiger partial charge in [-0.05, 0) is 55.5 Å². The zero-order chi connectivity index (χ0) is 19.8. The predicted octanol–water partition coefficient (Wildman–Crippen LogP) is 3.47. The van der Waals surface area contributed by atoms with Gasteiger partial charge in [-0.3, -0.25) is 19.7 Å². The van der Waals surface area contributed by atoms with Gasteiger partial charge in [-0.2, -0.15) is 0 Å². The largest absolute Gasteiger partial charge is 0.497 e. The monoisotopic (exact) mass is 400 g/mol. The first-order valence-corrected chi connectivity index (χ1v) is 10.1. The van der Waals surface area contributed by atoms with Crippen LogP contribution in [0.15, 0.2) is 24.3 Å². The predicted molar refractivity (Wildman–Crippen MR) is 105 cm³/mol. The molecule has 1 aromatic carbocycles. The first-order valence-electron chi connectivity index (χ1n) is 9.27. The van der Waals surface area contributed by atoms with E-state index in [1.165, 1.54) is 11.3 Å². The third-order valence-electron chi connectivity index (χ3n) is 5.35. The number of nitro groups is 1. The van der Waals surface area contributed by atoms with Crippen LogP contribution in [0.5, 0.6) is 5.75 Å². The van der Waals surface area contributed by atoms with Gasteiger partial charge in [0.25, 0.3) is 0 Å². The molecule has 2 aliphatic carbocycles. The van der Waals surface area contributed by atoms with E-state index in [0.29, 0.717) is 21.9 Å². The molecular formula is C20H20N2O5S.